The summed E-state index contributed by atoms with van der Waals surface area (Å²) in [6.07, 6.45) is 4.62. The van der Waals surface area contributed by atoms with Crippen molar-refractivity contribution in [1.29, 1.82) is 0 Å². The third kappa shape index (κ3) is 4.88. The van der Waals surface area contributed by atoms with E-state index in [1.807, 2.05) is 6.07 Å². The summed E-state index contributed by atoms with van der Waals surface area (Å²) in [6.45, 7) is 12.8. The van der Waals surface area contributed by atoms with Crippen LogP contribution in [-0.4, -0.2) is 6.54 Å². The van der Waals surface area contributed by atoms with Crippen LogP contribution in [0.3, 0.4) is 0 Å². The van der Waals surface area contributed by atoms with E-state index in [-0.39, 0.29) is 10.8 Å². The molecular formula is C56H48NO+. The normalized spacial score (nSPS) is 17.1. The number of rotatable bonds is 6. The zero-order chi connectivity index (χ0) is 39.4. The SMILES string of the molecule is CC[N+](C1=CC2=C(CC1)c1ccccc1C2(C)C)(c1ccc(-c2cccc3c2oc2ccccc23)cc1)c1cccc(-c2ccc3c(c2)-c2ccccc2C3(C)C)c1. The van der Waals surface area contributed by atoms with Crippen molar-refractivity contribution >= 4 is 38.9 Å². The Labute approximate surface area is 342 Å². The van der Waals surface area contributed by atoms with Crippen LogP contribution >= 0.6 is 0 Å². The lowest BCUT2D eigenvalue weighted by atomic mass is 9.79. The van der Waals surface area contributed by atoms with Gasteiger partial charge in [0, 0.05) is 57.9 Å². The molecule has 1 atom stereocenters. The van der Waals surface area contributed by atoms with E-state index in [0.717, 1.165) is 52.5 Å². The van der Waals surface area contributed by atoms with Gasteiger partial charge in [0.05, 0.1) is 6.54 Å². The first kappa shape index (κ1) is 35.0. The van der Waals surface area contributed by atoms with E-state index < -0.39 is 0 Å². The van der Waals surface area contributed by atoms with Crippen LogP contribution in [0, 0.1) is 0 Å². The Bertz CT molecular complexity index is 3040. The molecule has 0 saturated heterocycles. The zero-order valence-electron chi connectivity index (χ0n) is 34.1. The highest BCUT2D eigenvalue weighted by atomic mass is 16.3. The Balaban J connectivity index is 1.08. The summed E-state index contributed by atoms with van der Waals surface area (Å²) in [5, 5.41) is 2.31. The summed E-state index contributed by atoms with van der Waals surface area (Å²) < 4.78 is 7.16. The van der Waals surface area contributed by atoms with Crippen LogP contribution in [0.4, 0.5) is 11.4 Å². The number of nitrogens with zero attached hydrogens (tertiary/aromatic N) is 1. The summed E-state index contributed by atoms with van der Waals surface area (Å²) in [6, 6.07) is 58.8. The van der Waals surface area contributed by atoms with Gasteiger partial charge < -0.3 is 4.42 Å². The molecule has 0 saturated carbocycles. The molecule has 8 aromatic rings. The molecule has 0 amide bonds. The quantitative estimate of drug-likeness (QED) is 0.154. The summed E-state index contributed by atoms with van der Waals surface area (Å²) in [4.78, 5) is 0. The predicted octanol–water partition coefficient (Wildman–Crippen LogP) is 15.3. The van der Waals surface area contributed by atoms with Gasteiger partial charge in [-0.2, -0.15) is 0 Å². The van der Waals surface area contributed by atoms with Gasteiger partial charge in [-0.25, -0.2) is 4.48 Å². The molecule has 58 heavy (non-hydrogen) atoms. The Morgan fingerprint density at radius 1 is 0.500 bits per heavy atom. The number of para-hydroxylation sites is 2. The van der Waals surface area contributed by atoms with E-state index in [1.54, 1.807) is 0 Å². The van der Waals surface area contributed by atoms with Gasteiger partial charge in [-0.15, -0.1) is 0 Å². The van der Waals surface area contributed by atoms with Crippen molar-refractivity contribution < 1.29 is 4.42 Å². The summed E-state index contributed by atoms with van der Waals surface area (Å²) in [5.74, 6) is 0. The molecule has 1 heterocycles. The fourth-order valence-corrected chi connectivity index (χ4v) is 11.0. The standard InChI is InChI=1S/C56H48NO/c1-6-57(41-30-31-45-43-17-7-10-22-49(43)56(4,5)52(45)35-41,39-28-25-36(26-29-39)42-20-14-21-47-46-19-9-12-24-53(46)58-54(42)47)40-16-13-15-37(33-40)38-27-32-51-48(34-38)44-18-8-11-23-50(44)55(51,2)3/h7-29,32-35H,6,30-31H2,1-5H3/q+1. The van der Waals surface area contributed by atoms with Gasteiger partial charge in [-0.3, -0.25) is 0 Å². The number of hydrogen-bond acceptors (Lipinski definition) is 1. The average Bonchev–Trinajstić information content (AvgIpc) is 3.84. The van der Waals surface area contributed by atoms with Crippen molar-refractivity contribution in [2.45, 2.75) is 58.3 Å². The fraction of sp³-hybridized carbons (Fsp3) is 0.179. The molecule has 0 aliphatic heterocycles. The van der Waals surface area contributed by atoms with Gasteiger partial charge in [-0.1, -0.05) is 137 Å². The monoisotopic (exact) mass is 750 g/mol. The number of quaternary nitrogens is 1. The summed E-state index contributed by atoms with van der Waals surface area (Å²) in [5.41, 5.74) is 22.0. The molecule has 0 radical (unpaired) electrons. The highest BCUT2D eigenvalue weighted by Crippen LogP contribution is 2.55. The lowest BCUT2D eigenvalue weighted by Gasteiger charge is -2.40. The number of hydrogen-bond donors (Lipinski definition) is 0. The molecule has 3 aliphatic carbocycles. The second-order valence-corrected chi connectivity index (χ2v) is 17.6. The van der Waals surface area contributed by atoms with E-state index in [1.165, 1.54) is 72.7 Å². The van der Waals surface area contributed by atoms with Crippen molar-refractivity contribution in [2.75, 3.05) is 6.54 Å². The highest BCUT2D eigenvalue weighted by molar-refractivity contribution is 6.09. The maximum atomic E-state index is 6.50. The fourth-order valence-electron chi connectivity index (χ4n) is 11.0. The first-order valence-electron chi connectivity index (χ1n) is 21.0. The third-order valence-electron chi connectivity index (χ3n) is 14.1. The largest absolute Gasteiger partial charge is 0.455 e. The molecule has 282 valence electrons. The second-order valence-electron chi connectivity index (χ2n) is 17.6. The van der Waals surface area contributed by atoms with Crippen LogP contribution in [0.1, 0.15) is 69.7 Å². The van der Waals surface area contributed by atoms with Gasteiger partial charge in [0.1, 0.15) is 28.2 Å². The van der Waals surface area contributed by atoms with Crippen LogP contribution in [0.25, 0.3) is 60.9 Å². The van der Waals surface area contributed by atoms with E-state index in [9.17, 15) is 0 Å². The molecule has 0 spiro atoms. The molecule has 0 N–H and O–H groups in total. The van der Waals surface area contributed by atoms with Gasteiger partial charge in [0.15, 0.2) is 0 Å². The maximum absolute atomic E-state index is 6.50. The molecule has 0 bridgehead atoms. The summed E-state index contributed by atoms with van der Waals surface area (Å²) in [7, 11) is 0. The molecule has 3 aliphatic rings. The number of fused-ring (bicyclic) bond motifs is 8. The molecular weight excluding hydrogens is 703 g/mol. The van der Waals surface area contributed by atoms with Crippen LogP contribution in [0.2, 0.25) is 0 Å². The van der Waals surface area contributed by atoms with Crippen molar-refractivity contribution in [1.82, 2.24) is 4.48 Å². The lowest BCUT2D eigenvalue weighted by Crippen LogP contribution is -2.44. The Hall–Kier alpha value is -6.22. The van der Waals surface area contributed by atoms with Crippen molar-refractivity contribution in [3.8, 4) is 33.4 Å². The van der Waals surface area contributed by atoms with Gasteiger partial charge >= 0.3 is 0 Å². The minimum absolute atomic E-state index is 0.0165. The van der Waals surface area contributed by atoms with Gasteiger partial charge in [-0.05, 0) is 105 Å². The molecule has 1 unspecified atom stereocenters. The predicted molar refractivity (Wildman–Crippen MR) is 244 cm³/mol. The van der Waals surface area contributed by atoms with Crippen LogP contribution in [0.5, 0.6) is 0 Å². The smallest absolute Gasteiger partial charge is 0.143 e. The maximum Gasteiger partial charge on any atom is 0.143 e. The number of allylic oxidation sites excluding steroid dienone is 4. The first-order chi connectivity index (χ1) is 28.2. The van der Waals surface area contributed by atoms with Gasteiger partial charge in [0.25, 0.3) is 0 Å². The van der Waals surface area contributed by atoms with Crippen molar-refractivity contribution in [3.63, 3.8) is 0 Å². The van der Waals surface area contributed by atoms with E-state index in [0.29, 0.717) is 4.48 Å². The number of furan rings is 1. The molecule has 2 nitrogen and oxygen atoms in total. The van der Waals surface area contributed by atoms with Crippen molar-refractivity contribution in [2.24, 2.45) is 0 Å². The second kappa shape index (κ2) is 12.6. The van der Waals surface area contributed by atoms with E-state index >= 15 is 0 Å². The Kier molecular flexibility index (Phi) is 7.62. The van der Waals surface area contributed by atoms with E-state index in [2.05, 4.69) is 192 Å². The van der Waals surface area contributed by atoms with Crippen LogP contribution in [-0.2, 0) is 10.8 Å². The average molecular weight is 751 g/mol. The minimum Gasteiger partial charge on any atom is -0.455 e. The Morgan fingerprint density at radius 3 is 1.95 bits per heavy atom. The molecule has 0 fully saturated rings. The van der Waals surface area contributed by atoms with Crippen LogP contribution < -0.4 is 4.48 Å². The lowest BCUT2D eigenvalue weighted by molar-refractivity contribution is 0.465. The zero-order valence-corrected chi connectivity index (χ0v) is 34.1. The molecule has 7 aromatic carbocycles. The summed E-state index contributed by atoms with van der Waals surface area (Å²) >= 11 is 0. The first-order valence-corrected chi connectivity index (χ1v) is 21.0. The van der Waals surface area contributed by atoms with Gasteiger partial charge in [0.2, 0.25) is 0 Å². The topological polar surface area (TPSA) is 13.1 Å². The number of benzene rings is 7. The third-order valence-corrected chi connectivity index (χ3v) is 14.1. The Morgan fingerprint density at radius 2 is 1.14 bits per heavy atom. The molecule has 2 heteroatoms. The molecule has 1 aromatic heterocycles. The minimum atomic E-state index is -0.0630. The molecule has 11 rings (SSSR count). The highest BCUT2D eigenvalue weighted by Gasteiger charge is 2.44. The van der Waals surface area contributed by atoms with Crippen molar-refractivity contribution in [3.05, 3.63) is 197 Å². The van der Waals surface area contributed by atoms with E-state index in [4.69, 9.17) is 4.42 Å². The van der Waals surface area contributed by atoms with Crippen LogP contribution in [0.15, 0.2) is 179 Å².